The van der Waals surface area contributed by atoms with E-state index < -0.39 is 23.5 Å². The molecule has 0 atom stereocenters. The minimum absolute atomic E-state index is 0.0961. The molecule has 0 aliphatic carbocycles. The lowest BCUT2D eigenvalue weighted by Gasteiger charge is -2.10. The van der Waals surface area contributed by atoms with Crippen LogP contribution in [0, 0.1) is 25.1 Å². The van der Waals surface area contributed by atoms with Crippen LogP contribution in [0.4, 0.5) is 20.3 Å². The van der Waals surface area contributed by atoms with Gasteiger partial charge in [-0.25, -0.2) is 13.9 Å². The van der Waals surface area contributed by atoms with Crippen molar-refractivity contribution in [2.45, 2.75) is 19.8 Å². The van der Waals surface area contributed by atoms with E-state index in [0.29, 0.717) is 16.5 Å². The predicted molar refractivity (Wildman–Crippen MR) is 107 cm³/mol. The first-order valence-electron chi connectivity index (χ1n) is 8.83. The van der Waals surface area contributed by atoms with E-state index in [-0.39, 0.29) is 35.5 Å². The van der Waals surface area contributed by atoms with Crippen LogP contribution < -0.4 is 5.32 Å². The van der Waals surface area contributed by atoms with Crippen molar-refractivity contribution in [3.63, 3.8) is 0 Å². The average Bonchev–Trinajstić information content (AvgIpc) is 3.09. The number of hydrogen-bond acceptors (Lipinski definition) is 3. The number of carbonyl (C=O) groups excluding carboxylic acids is 1. The van der Waals surface area contributed by atoms with Gasteiger partial charge in [-0.1, -0.05) is 6.57 Å². The number of carboxylic acids is 1. The molecule has 0 aliphatic heterocycles. The van der Waals surface area contributed by atoms with E-state index in [1.54, 1.807) is 0 Å². The quantitative estimate of drug-likeness (QED) is 0.415. The molecule has 0 radical (unpaired) electrons. The van der Waals surface area contributed by atoms with Gasteiger partial charge in [-0.3, -0.25) is 9.59 Å². The fourth-order valence-electron chi connectivity index (χ4n) is 2.85. The third-order valence-corrected chi connectivity index (χ3v) is 4.47. The van der Waals surface area contributed by atoms with Crippen molar-refractivity contribution in [1.82, 2.24) is 10.2 Å². The van der Waals surface area contributed by atoms with Crippen LogP contribution in [0.1, 0.15) is 23.1 Å². The number of anilines is 1. The van der Waals surface area contributed by atoms with Gasteiger partial charge in [-0.05, 0) is 49.2 Å². The van der Waals surface area contributed by atoms with E-state index in [1.165, 1.54) is 31.2 Å². The highest BCUT2D eigenvalue weighted by molar-refractivity contribution is 6.03. The normalized spacial score (nSPS) is 11.0. The van der Waals surface area contributed by atoms with Gasteiger partial charge in [-0.2, -0.15) is 0 Å². The Morgan fingerprint density at radius 1 is 1.27 bits per heavy atom. The molecule has 3 rings (SSSR count). The van der Waals surface area contributed by atoms with Gasteiger partial charge in [0, 0.05) is 34.7 Å². The van der Waals surface area contributed by atoms with E-state index in [1.807, 2.05) is 0 Å². The maximum atomic E-state index is 14.3. The molecular weight excluding hydrogens is 394 g/mol. The fourth-order valence-corrected chi connectivity index (χ4v) is 2.85. The van der Waals surface area contributed by atoms with Crippen LogP contribution in [0.3, 0.4) is 0 Å². The molecule has 30 heavy (non-hydrogen) atoms. The number of hydrogen-bond donors (Lipinski definition) is 3. The number of benzene rings is 2. The summed E-state index contributed by atoms with van der Waals surface area (Å²) in [7, 11) is 0. The van der Waals surface area contributed by atoms with Gasteiger partial charge in [0.2, 0.25) is 5.91 Å². The lowest BCUT2D eigenvalue weighted by molar-refractivity contribution is -0.137. The number of amides is 1. The number of aliphatic carboxylic acids is 1. The molecule has 7 nitrogen and oxygen atoms in total. The molecule has 9 heteroatoms. The maximum absolute atomic E-state index is 14.3. The molecule has 0 bridgehead atoms. The summed E-state index contributed by atoms with van der Waals surface area (Å²) in [5.74, 6) is -2.70. The third-order valence-electron chi connectivity index (χ3n) is 4.47. The van der Waals surface area contributed by atoms with Gasteiger partial charge in [-0.15, -0.1) is 5.10 Å². The molecule has 152 valence electrons. The van der Waals surface area contributed by atoms with Crippen LogP contribution in [0.25, 0.3) is 21.8 Å². The third kappa shape index (κ3) is 4.50. The van der Waals surface area contributed by atoms with Gasteiger partial charge < -0.3 is 15.3 Å². The van der Waals surface area contributed by atoms with E-state index >= 15 is 0 Å². The minimum atomic E-state index is -1.01. The summed E-state index contributed by atoms with van der Waals surface area (Å²) in [5, 5.41) is 18.1. The van der Waals surface area contributed by atoms with Gasteiger partial charge in [0.25, 0.3) is 5.82 Å². The molecule has 1 amide bonds. The van der Waals surface area contributed by atoms with Crippen molar-refractivity contribution in [2.24, 2.45) is 0 Å². The number of rotatable bonds is 6. The monoisotopic (exact) mass is 410 g/mol. The average molecular weight is 410 g/mol. The highest BCUT2D eigenvalue weighted by Crippen LogP contribution is 2.26. The Balaban J connectivity index is 1.79. The molecule has 1 heterocycles. The van der Waals surface area contributed by atoms with E-state index in [4.69, 9.17) is 11.7 Å². The van der Waals surface area contributed by atoms with Crippen molar-refractivity contribution in [2.75, 3.05) is 5.32 Å². The minimum Gasteiger partial charge on any atom is -0.481 e. The van der Waals surface area contributed by atoms with Crippen molar-refractivity contribution in [1.29, 1.82) is 0 Å². The largest absolute Gasteiger partial charge is 0.481 e. The molecule has 0 saturated carbocycles. The Bertz CT molecular complexity index is 1230. The van der Waals surface area contributed by atoms with Crippen molar-refractivity contribution < 1.29 is 23.5 Å². The number of fused-ring (bicyclic) bond motifs is 1. The zero-order chi connectivity index (χ0) is 21.8. The van der Waals surface area contributed by atoms with Crippen molar-refractivity contribution in [3.05, 3.63) is 70.1 Å². The number of carbonyl (C=O) groups is 2. The number of aromatic nitrogens is 2. The van der Waals surface area contributed by atoms with Crippen LogP contribution in [-0.4, -0.2) is 27.2 Å². The first-order chi connectivity index (χ1) is 14.3. The predicted octanol–water partition coefficient (Wildman–Crippen LogP) is 4.37. The second kappa shape index (κ2) is 8.53. The number of aryl methyl sites for hydroxylation is 1. The van der Waals surface area contributed by atoms with Crippen LogP contribution >= 0.6 is 0 Å². The molecule has 2 aromatic carbocycles. The zero-order valence-electron chi connectivity index (χ0n) is 15.8. The summed E-state index contributed by atoms with van der Waals surface area (Å²) in [6.45, 7) is 8.50. The lowest BCUT2D eigenvalue weighted by Crippen LogP contribution is -2.10. The van der Waals surface area contributed by atoms with Crippen LogP contribution in [0.15, 0.2) is 30.3 Å². The van der Waals surface area contributed by atoms with Gasteiger partial charge in [0.05, 0.1) is 0 Å². The molecule has 0 fully saturated rings. The molecule has 3 aromatic rings. The lowest BCUT2D eigenvalue weighted by atomic mass is 10.0. The summed E-state index contributed by atoms with van der Waals surface area (Å²) in [6.07, 6.45) is 2.29. The molecule has 3 N–H and O–H groups in total. The zero-order valence-corrected chi connectivity index (χ0v) is 15.8. The molecule has 0 saturated heterocycles. The Kier molecular flexibility index (Phi) is 5.88. The second-order valence-corrected chi connectivity index (χ2v) is 6.54. The molecule has 0 unspecified atom stereocenters. The fraction of sp³-hybridized carbons (Fsp3) is 0.143. The maximum Gasteiger partial charge on any atom is 0.303 e. The summed E-state index contributed by atoms with van der Waals surface area (Å²) in [6, 6.07) is 5.30. The summed E-state index contributed by atoms with van der Waals surface area (Å²) in [5.41, 5.74) is 1.32. The van der Waals surface area contributed by atoms with Crippen LogP contribution in [-0.2, 0) is 16.0 Å². The smallest absolute Gasteiger partial charge is 0.303 e. The highest BCUT2D eigenvalue weighted by atomic mass is 19.1. The van der Waals surface area contributed by atoms with E-state index in [0.717, 1.165) is 12.1 Å². The Hall–Kier alpha value is -4.06. The van der Waals surface area contributed by atoms with Gasteiger partial charge in [0.1, 0.15) is 17.2 Å². The summed E-state index contributed by atoms with van der Waals surface area (Å²) < 4.78 is 28.4. The number of carboxylic acid groups (broad SMARTS) is 1. The van der Waals surface area contributed by atoms with E-state index in [2.05, 4.69) is 20.4 Å². The van der Waals surface area contributed by atoms with Crippen LogP contribution in [0.5, 0.6) is 0 Å². The number of nitrogens with one attached hydrogen (secondary N) is 2. The summed E-state index contributed by atoms with van der Waals surface area (Å²) >= 11 is 0. The van der Waals surface area contributed by atoms with Crippen molar-refractivity contribution in [3.8, 4) is 0 Å². The van der Waals surface area contributed by atoms with Crippen LogP contribution in [0.2, 0.25) is 0 Å². The van der Waals surface area contributed by atoms with E-state index in [9.17, 15) is 18.4 Å². The number of nitrogens with zero attached hydrogens (tertiary/aromatic N) is 2. The Labute approximate surface area is 169 Å². The first-order valence-corrected chi connectivity index (χ1v) is 8.83. The summed E-state index contributed by atoms with van der Waals surface area (Å²) in [4.78, 5) is 26.2. The van der Waals surface area contributed by atoms with Gasteiger partial charge in [0.15, 0.2) is 0 Å². The first kappa shape index (κ1) is 20.7. The molecule has 0 aliphatic rings. The SMILES string of the molecule is [C-]#[N+]c1[nH]nc2cc(/C=C/C(=O)Nc3cc(CCC(=O)O)cc(F)c3C)c(F)cc12. The second-order valence-electron chi connectivity index (χ2n) is 6.54. The molecule has 1 aromatic heterocycles. The number of H-pyrrole nitrogens is 1. The Morgan fingerprint density at radius 2 is 2.03 bits per heavy atom. The number of halogens is 2. The standard InChI is InChI=1S/C21H16F2N4O3/c1-11-15(22)7-12(3-6-20(29)30)8-17(11)25-19(28)5-4-13-9-18-14(10-16(13)23)21(24-2)27-26-18/h4-5,7-10H,3,6H2,1H3,(H,25,28)(H,26,27)(H,29,30)/b5-4+. The highest BCUT2D eigenvalue weighted by Gasteiger charge is 2.12. The Morgan fingerprint density at radius 3 is 2.73 bits per heavy atom. The topological polar surface area (TPSA) is 99.4 Å². The molecule has 0 spiro atoms. The molecular formula is C21H16F2N4O3. The van der Waals surface area contributed by atoms with Crippen molar-refractivity contribution >= 4 is 40.4 Å². The number of aromatic amines is 1. The van der Waals surface area contributed by atoms with Gasteiger partial charge >= 0.3 is 5.97 Å².